The Morgan fingerprint density at radius 3 is 2.75 bits per heavy atom. The summed E-state index contributed by atoms with van der Waals surface area (Å²) in [6, 6.07) is 1.46. The van der Waals surface area contributed by atoms with Crippen LogP contribution >= 0.6 is 0 Å². The number of aryl methyl sites for hydroxylation is 2. The number of rotatable bonds is 2. The molecule has 4 heteroatoms. The maximum Gasteiger partial charge on any atom is 0.354 e. The molecule has 0 bridgehead atoms. The molecule has 1 aromatic rings. The third-order valence-electron chi connectivity index (χ3n) is 1.44. The lowest BCUT2D eigenvalue weighted by Gasteiger charge is -1.99. The summed E-state index contributed by atoms with van der Waals surface area (Å²) in [7, 11) is 0. The molecule has 0 aliphatic rings. The van der Waals surface area contributed by atoms with E-state index in [0.29, 0.717) is 17.9 Å². The average molecular weight is 166 g/mol. The van der Waals surface area contributed by atoms with Gasteiger partial charge >= 0.3 is 5.97 Å². The maximum atomic E-state index is 10.5. The van der Waals surface area contributed by atoms with E-state index in [2.05, 4.69) is 9.97 Å². The van der Waals surface area contributed by atoms with Crippen LogP contribution in [0.4, 0.5) is 0 Å². The van der Waals surface area contributed by atoms with Gasteiger partial charge in [0.1, 0.15) is 5.82 Å². The van der Waals surface area contributed by atoms with Gasteiger partial charge in [0.25, 0.3) is 0 Å². The Labute approximate surface area is 70.3 Å². The molecule has 0 fully saturated rings. The quantitative estimate of drug-likeness (QED) is 0.713. The molecule has 0 saturated heterocycles. The van der Waals surface area contributed by atoms with Crippen molar-refractivity contribution in [3.63, 3.8) is 0 Å². The lowest BCUT2D eigenvalue weighted by atomic mass is 10.3. The molecule has 0 amide bonds. The van der Waals surface area contributed by atoms with Crippen LogP contribution in [0.1, 0.15) is 28.9 Å². The Morgan fingerprint density at radius 2 is 2.25 bits per heavy atom. The molecule has 0 aromatic carbocycles. The van der Waals surface area contributed by atoms with Crippen LogP contribution in [-0.2, 0) is 6.42 Å². The first-order valence-corrected chi connectivity index (χ1v) is 3.71. The van der Waals surface area contributed by atoms with E-state index in [9.17, 15) is 4.79 Å². The van der Waals surface area contributed by atoms with Gasteiger partial charge in [-0.25, -0.2) is 14.8 Å². The second kappa shape index (κ2) is 3.30. The highest BCUT2D eigenvalue weighted by Gasteiger charge is 2.06. The lowest BCUT2D eigenvalue weighted by Crippen LogP contribution is -2.05. The molecule has 1 N–H and O–H groups in total. The molecule has 0 radical (unpaired) electrons. The molecule has 0 aliphatic heterocycles. The summed E-state index contributed by atoms with van der Waals surface area (Å²) in [5.41, 5.74) is 0.763. The molecule has 12 heavy (non-hydrogen) atoms. The van der Waals surface area contributed by atoms with E-state index in [-0.39, 0.29) is 5.69 Å². The smallest absolute Gasteiger partial charge is 0.354 e. The zero-order chi connectivity index (χ0) is 9.14. The van der Waals surface area contributed by atoms with Gasteiger partial charge in [-0.1, -0.05) is 6.92 Å². The summed E-state index contributed by atoms with van der Waals surface area (Å²) < 4.78 is 0. The van der Waals surface area contributed by atoms with Crippen LogP contribution in [0.5, 0.6) is 0 Å². The Kier molecular flexibility index (Phi) is 2.38. The predicted octanol–water partition coefficient (Wildman–Crippen LogP) is 1.05. The van der Waals surface area contributed by atoms with E-state index >= 15 is 0 Å². The normalized spacial score (nSPS) is 9.83. The molecule has 0 spiro atoms. The molecule has 64 valence electrons. The third-order valence-corrected chi connectivity index (χ3v) is 1.44. The molecule has 0 unspecified atom stereocenters. The highest BCUT2D eigenvalue weighted by Crippen LogP contribution is 2.00. The van der Waals surface area contributed by atoms with Crippen molar-refractivity contribution in [2.45, 2.75) is 20.3 Å². The van der Waals surface area contributed by atoms with Crippen LogP contribution in [0, 0.1) is 6.92 Å². The number of nitrogens with zero attached hydrogens (tertiary/aromatic N) is 2. The van der Waals surface area contributed by atoms with E-state index in [1.54, 1.807) is 6.92 Å². The second-order valence-corrected chi connectivity index (χ2v) is 2.47. The SMILES string of the molecule is CCc1nc(C)cc(C(=O)O)n1. The summed E-state index contributed by atoms with van der Waals surface area (Å²) in [6.45, 7) is 3.65. The fraction of sp³-hybridized carbons (Fsp3) is 0.375. The van der Waals surface area contributed by atoms with Gasteiger partial charge in [-0.3, -0.25) is 0 Å². The Bertz CT molecular complexity index is 310. The fourth-order valence-electron chi connectivity index (χ4n) is 0.898. The zero-order valence-corrected chi connectivity index (χ0v) is 7.03. The lowest BCUT2D eigenvalue weighted by molar-refractivity contribution is 0.0689. The highest BCUT2D eigenvalue weighted by molar-refractivity contribution is 5.85. The molecule has 1 rings (SSSR count). The monoisotopic (exact) mass is 166 g/mol. The van der Waals surface area contributed by atoms with Crippen molar-refractivity contribution in [1.82, 2.24) is 9.97 Å². The molecule has 1 heterocycles. The number of carboxylic acids is 1. The van der Waals surface area contributed by atoms with Crippen molar-refractivity contribution < 1.29 is 9.90 Å². The van der Waals surface area contributed by atoms with Gasteiger partial charge in [-0.15, -0.1) is 0 Å². The van der Waals surface area contributed by atoms with Crippen molar-refractivity contribution in [3.8, 4) is 0 Å². The number of aromatic carboxylic acids is 1. The largest absolute Gasteiger partial charge is 0.477 e. The first-order valence-electron chi connectivity index (χ1n) is 3.71. The minimum absolute atomic E-state index is 0.0688. The van der Waals surface area contributed by atoms with Gasteiger partial charge in [0.2, 0.25) is 0 Å². The topological polar surface area (TPSA) is 63.1 Å². The first kappa shape index (κ1) is 8.64. The highest BCUT2D eigenvalue weighted by atomic mass is 16.4. The van der Waals surface area contributed by atoms with E-state index in [0.717, 1.165) is 0 Å². The third kappa shape index (κ3) is 1.78. The first-order chi connectivity index (χ1) is 5.63. The minimum Gasteiger partial charge on any atom is -0.477 e. The van der Waals surface area contributed by atoms with Gasteiger partial charge < -0.3 is 5.11 Å². The van der Waals surface area contributed by atoms with E-state index in [1.165, 1.54) is 6.07 Å². The number of carbonyl (C=O) groups is 1. The van der Waals surface area contributed by atoms with Crippen molar-refractivity contribution in [3.05, 3.63) is 23.3 Å². The van der Waals surface area contributed by atoms with Gasteiger partial charge in [-0.05, 0) is 13.0 Å². The second-order valence-electron chi connectivity index (χ2n) is 2.47. The number of hydrogen-bond donors (Lipinski definition) is 1. The summed E-state index contributed by atoms with van der Waals surface area (Å²) in [5.74, 6) is -0.428. The molecule has 0 saturated carbocycles. The predicted molar refractivity (Wildman–Crippen MR) is 43.1 cm³/mol. The van der Waals surface area contributed by atoms with E-state index in [4.69, 9.17) is 5.11 Å². The van der Waals surface area contributed by atoms with Crippen molar-refractivity contribution in [2.24, 2.45) is 0 Å². The van der Waals surface area contributed by atoms with Crippen LogP contribution in [0.2, 0.25) is 0 Å². The van der Waals surface area contributed by atoms with Crippen LogP contribution in [-0.4, -0.2) is 21.0 Å². The standard InChI is InChI=1S/C8H10N2O2/c1-3-7-9-5(2)4-6(10-7)8(11)12/h4H,3H2,1-2H3,(H,11,12). The molecule has 0 aliphatic carbocycles. The van der Waals surface area contributed by atoms with Gasteiger partial charge in [0, 0.05) is 12.1 Å². The average Bonchev–Trinajstić information content (AvgIpc) is 2.03. The summed E-state index contributed by atoms with van der Waals surface area (Å²) in [4.78, 5) is 18.4. The molecular formula is C8H10N2O2. The Morgan fingerprint density at radius 1 is 1.58 bits per heavy atom. The maximum absolute atomic E-state index is 10.5. The number of carboxylic acid groups (broad SMARTS) is 1. The van der Waals surface area contributed by atoms with E-state index in [1.807, 2.05) is 6.92 Å². The van der Waals surface area contributed by atoms with Crippen LogP contribution in [0.25, 0.3) is 0 Å². The zero-order valence-electron chi connectivity index (χ0n) is 7.03. The number of hydrogen-bond acceptors (Lipinski definition) is 3. The van der Waals surface area contributed by atoms with Crippen molar-refractivity contribution >= 4 is 5.97 Å². The fourth-order valence-corrected chi connectivity index (χ4v) is 0.898. The molecule has 4 nitrogen and oxygen atoms in total. The molecule has 0 atom stereocenters. The van der Waals surface area contributed by atoms with Crippen LogP contribution < -0.4 is 0 Å². The number of aromatic nitrogens is 2. The van der Waals surface area contributed by atoms with Gasteiger partial charge in [0.15, 0.2) is 5.69 Å². The summed E-state index contributed by atoms with van der Waals surface area (Å²) >= 11 is 0. The Hall–Kier alpha value is -1.45. The minimum atomic E-state index is -1.00. The summed E-state index contributed by atoms with van der Waals surface area (Å²) in [6.07, 6.45) is 0.655. The molecule has 1 aromatic heterocycles. The van der Waals surface area contributed by atoms with Crippen molar-refractivity contribution in [1.29, 1.82) is 0 Å². The van der Waals surface area contributed by atoms with Crippen molar-refractivity contribution in [2.75, 3.05) is 0 Å². The van der Waals surface area contributed by atoms with Crippen LogP contribution in [0.3, 0.4) is 0 Å². The van der Waals surface area contributed by atoms with Gasteiger partial charge in [0.05, 0.1) is 0 Å². The van der Waals surface area contributed by atoms with Crippen LogP contribution in [0.15, 0.2) is 6.07 Å². The Balaban J connectivity index is 3.15. The molecular weight excluding hydrogens is 156 g/mol. The summed E-state index contributed by atoms with van der Waals surface area (Å²) in [5, 5.41) is 8.64. The van der Waals surface area contributed by atoms with E-state index < -0.39 is 5.97 Å². The van der Waals surface area contributed by atoms with Gasteiger partial charge in [-0.2, -0.15) is 0 Å².